The van der Waals surface area contributed by atoms with Crippen molar-refractivity contribution in [1.82, 2.24) is 25.1 Å². The predicted octanol–water partition coefficient (Wildman–Crippen LogP) is 1.48. The fraction of sp³-hybridized carbons (Fsp3) is 0.158. The Bertz CT molecular complexity index is 981. The second-order valence-corrected chi connectivity index (χ2v) is 5.81. The lowest BCUT2D eigenvalue weighted by atomic mass is 10.1. The van der Waals surface area contributed by atoms with Crippen LogP contribution in [0.3, 0.4) is 0 Å². The van der Waals surface area contributed by atoms with E-state index in [1.165, 1.54) is 0 Å². The highest BCUT2D eigenvalue weighted by molar-refractivity contribution is 5.93. The Balaban J connectivity index is 1.97. The predicted molar refractivity (Wildman–Crippen MR) is 101 cm³/mol. The summed E-state index contributed by atoms with van der Waals surface area (Å²) in [6, 6.07) is 8.35. The molecular formula is C19H19N5O3. The molecule has 2 aromatic heterocycles. The van der Waals surface area contributed by atoms with E-state index in [9.17, 15) is 9.90 Å². The molecule has 3 N–H and O–H groups in total. The Hall–Kier alpha value is -3.52. The molecule has 0 aliphatic carbocycles. The molecule has 3 rings (SSSR count). The molecule has 8 heteroatoms. The largest absolute Gasteiger partial charge is 0.508 e. The third-order valence-corrected chi connectivity index (χ3v) is 3.66. The van der Waals surface area contributed by atoms with Gasteiger partial charge in [-0.2, -0.15) is 5.10 Å². The van der Waals surface area contributed by atoms with Gasteiger partial charge >= 0.3 is 0 Å². The van der Waals surface area contributed by atoms with Crippen molar-refractivity contribution < 1.29 is 15.0 Å². The number of carbonyl (C=O) groups excluding carboxylic acids is 1. The number of aliphatic hydroxyl groups is 1. The summed E-state index contributed by atoms with van der Waals surface area (Å²) in [6.07, 6.45) is 6.89. The van der Waals surface area contributed by atoms with Gasteiger partial charge in [0.1, 0.15) is 11.4 Å². The number of nitrogens with zero attached hydrogens (tertiary/aromatic N) is 4. The van der Waals surface area contributed by atoms with Crippen LogP contribution in [0.2, 0.25) is 0 Å². The molecule has 8 nitrogen and oxygen atoms in total. The van der Waals surface area contributed by atoms with E-state index in [0.29, 0.717) is 17.1 Å². The van der Waals surface area contributed by atoms with E-state index in [4.69, 9.17) is 5.11 Å². The Morgan fingerprint density at radius 3 is 2.81 bits per heavy atom. The summed E-state index contributed by atoms with van der Waals surface area (Å²) in [4.78, 5) is 21.1. The summed E-state index contributed by atoms with van der Waals surface area (Å²) in [5.41, 5.74) is 2.19. The SMILES string of the molecule is Cn1cc(-c2nc(/C=C/c3cccc(O)c3)cc(C(=O)NCCO)n2)cn1. The Kier molecular flexibility index (Phi) is 5.58. The van der Waals surface area contributed by atoms with E-state index < -0.39 is 5.91 Å². The number of phenolic OH excluding ortho intramolecular Hbond substituents is 1. The molecule has 0 aliphatic rings. The van der Waals surface area contributed by atoms with Gasteiger partial charge in [-0.1, -0.05) is 18.2 Å². The van der Waals surface area contributed by atoms with E-state index in [2.05, 4.69) is 20.4 Å². The van der Waals surface area contributed by atoms with Crippen molar-refractivity contribution in [1.29, 1.82) is 0 Å². The van der Waals surface area contributed by atoms with Gasteiger partial charge in [-0.3, -0.25) is 9.48 Å². The van der Waals surface area contributed by atoms with Crippen LogP contribution >= 0.6 is 0 Å². The van der Waals surface area contributed by atoms with Crippen molar-refractivity contribution in [3.63, 3.8) is 0 Å². The normalized spacial score (nSPS) is 11.0. The number of hydrogen-bond donors (Lipinski definition) is 3. The van der Waals surface area contributed by atoms with Crippen molar-refractivity contribution in [3.05, 3.63) is 59.7 Å². The highest BCUT2D eigenvalue weighted by Crippen LogP contribution is 2.18. The van der Waals surface area contributed by atoms with Crippen molar-refractivity contribution in [3.8, 4) is 17.1 Å². The third-order valence-electron chi connectivity index (χ3n) is 3.66. The highest BCUT2D eigenvalue weighted by Gasteiger charge is 2.13. The number of aromatic nitrogens is 4. The van der Waals surface area contributed by atoms with E-state index in [0.717, 1.165) is 5.56 Å². The zero-order valence-corrected chi connectivity index (χ0v) is 14.7. The number of aliphatic hydroxyl groups excluding tert-OH is 1. The van der Waals surface area contributed by atoms with Gasteiger partial charge in [0, 0.05) is 19.8 Å². The van der Waals surface area contributed by atoms with E-state index in [-0.39, 0.29) is 24.6 Å². The smallest absolute Gasteiger partial charge is 0.270 e. The molecule has 2 heterocycles. The van der Waals surface area contributed by atoms with Crippen LogP contribution in [-0.2, 0) is 7.05 Å². The number of hydrogen-bond acceptors (Lipinski definition) is 6. The van der Waals surface area contributed by atoms with Crippen LogP contribution in [0.25, 0.3) is 23.5 Å². The Morgan fingerprint density at radius 2 is 2.11 bits per heavy atom. The molecule has 1 amide bonds. The topological polar surface area (TPSA) is 113 Å². The summed E-state index contributed by atoms with van der Waals surface area (Å²) in [7, 11) is 1.78. The molecule has 3 aromatic rings. The first-order chi connectivity index (χ1) is 13.0. The fourth-order valence-electron chi connectivity index (χ4n) is 2.40. The van der Waals surface area contributed by atoms with Crippen LogP contribution in [0.4, 0.5) is 0 Å². The number of carbonyl (C=O) groups is 1. The van der Waals surface area contributed by atoms with Gasteiger partial charge in [0.15, 0.2) is 5.82 Å². The van der Waals surface area contributed by atoms with Gasteiger partial charge in [0.25, 0.3) is 5.91 Å². The number of aryl methyl sites for hydroxylation is 1. The number of aromatic hydroxyl groups is 1. The second-order valence-electron chi connectivity index (χ2n) is 5.81. The van der Waals surface area contributed by atoms with Crippen molar-refractivity contribution >= 4 is 18.1 Å². The van der Waals surface area contributed by atoms with Crippen molar-refractivity contribution in [2.45, 2.75) is 0 Å². The van der Waals surface area contributed by atoms with Crippen LogP contribution in [-0.4, -0.2) is 49.0 Å². The average molecular weight is 365 g/mol. The molecule has 0 spiro atoms. The summed E-state index contributed by atoms with van der Waals surface area (Å²) >= 11 is 0. The van der Waals surface area contributed by atoms with Gasteiger partial charge in [-0.25, -0.2) is 9.97 Å². The highest BCUT2D eigenvalue weighted by atomic mass is 16.3. The molecule has 0 aliphatic heterocycles. The number of amides is 1. The minimum Gasteiger partial charge on any atom is -0.508 e. The van der Waals surface area contributed by atoms with Crippen LogP contribution < -0.4 is 5.32 Å². The molecular weight excluding hydrogens is 346 g/mol. The van der Waals surface area contributed by atoms with Crippen LogP contribution in [0, 0.1) is 0 Å². The first-order valence-electron chi connectivity index (χ1n) is 8.29. The molecule has 0 unspecified atom stereocenters. The molecule has 0 fully saturated rings. The summed E-state index contributed by atoms with van der Waals surface area (Å²) in [6.45, 7) is -0.0178. The molecule has 0 radical (unpaired) electrons. The van der Waals surface area contributed by atoms with Crippen molar-refractivity contribution in [2.75, 3.05) is 13.2 Å². The maximum absolute atomic E-state index is 12.3. The number of nitrogens with one attached hydrogen (secondary N) is 1. The summed E-state index contributed by atoms with van der Waals surface area (Å²) < 4.78 is 1.62. The van der Waals surface area contributed by atoms with Crippen LogP contribution in [0.15, 0.2) is 42.7 Å². The zero-order valence-electron chi connectivity index (χ0n) is 14.7. The number of phenols is 1. The average Bonchev–Trinajstić information content (AvgIpc) is 3.11. The van der Waals surface area contributed by atoms with E-state index in [1.807, 2.05) is 6.07 Å². The summed E-state index contributed by atoms with van der Waals surface area (Å²) in [5, 5.41) is 25.1. The molecule has 0 atom stereocenters. The second kappa shape index (κ2) is 8.24. The molecule has 138 valence electrons. The maximum Gasteiger partial charge on any atom is 0.270 e. The molecule has 0 bridgehead atoms. The first-order valence-corrected chi connectivity index (χ1v) is 8.29. The van der Waals surface area contributed by atoms with Crippen LogP contribution in [0.5, 0.6) is 5.75 Å². The van der Waals surface area contributed by atoms with Gasteiger partial charge in [0.2, 0.25) is 0 Å². The van der Waals surface area contributed by atoms with E-state index in [1.54, 1.807) is 60.5 Å². The summed E-state index contributed by atoms with van der Waals surface area (Å²) in [5.74, 6) is 0.138. The standard InChI is InChI=1S/C19H19N5O3/c1-24-12-14(11-21-24)18-22-15(6-5-13-3-2-4-16(26)9-13)10-17(23-18)19(27)20-7-8-25/h2-6,9-12,25-26H,7-8H2,1H3,(H,20,27)/b6-5+. The van der Waals surface area contributed by atoms with Crippen molar-refractivity contribution in [2.24, 2.45) is 7.05 Å². The minimum atomic E-state index is -0.399. The minimum absolute atomic E-state index is 0.138. The van der Waals surface area contributed by atoms with Gasteiger partial charge in [-0.05, 0) is 29.8 Å². The zero-order chi connectivity index (χ0) is 19.2. The lowest BCUT2D eigenvalue weighted by Crippen LogP contribution is -2.27. The molecule has 27 heavy (non-hydrogen) atoms. The Morgan fingerprint density at radius 1 is 1.26 bits per heavy atom. The maximum atomic E-state index is 12.3. The fourth-order valence-corrected chi connectivity index (χ4v) is 2.40. The lowest BCUT2D eigenvalue weighted by molar-refractivity contribution is 0.0939. The lowest BCUT2D eigenvalue weighted by Gasteiger charge is -2.06. The molecule has 0 saturated carbocycles. The third kappa shape index (κ3) is 4.77. The number of rotatable bonds is 6. The van der Waals surface area contributed by atoms with Gasteiger partial charge in [-0.15, -0.1) is 0 Å². The van der Waals surface area contributed by atoms with E-state index >= 15 is 0 Å². The van der Waals surface area contributed by atoms with Gasteiger partial charge < -0.3 is 15.5 Å². The Labute approximate surface area is 155 Å². The molecule has 1 aromatic carbocycles. The first kappa shape index (κ1) is 18.3. The molecule has 0 saturated heterocycles. The number of benzene rings is 1. The monoisotopic (exact) mass is 365 g/mol. The van der Waals surface area contributed by atoms with Gasteiger partial charge in [0.05, 0.1) is 24.1 Å². The quantitative estimate of drug-likeness (QED) is 0.610. The van der Waals surface area contributed by atoms with Crippen LogP contribution in [0.1, 0.15) is 21.7 Å².